The zero-order valence-corrected chi connectivity index (χ0v) is 24.3. The van der Waals surface area contributed by atoms with Crippen molar-refractivity contribution in [3.05, 3.63) is 61.4 Å². The summed E-state index contributed by atoms with van der Waals surface area (Å²) in [5.74, 6) is -4.32. The van der Waals surface area contributed by atoms with Crippen LogP contribution in [0.25, 0.3) is 0 Å². The zero-order chi connectivity index (χ0) is 29.5. The highest BCUT2D eigenvalue weighted by Crippen LogP contribution is 2.54. The number of nitrogens with one attached hydrogen (secondary N) is 1. The summed E-state index contributed by atoms with van der Waals surface area (Å²) in [6.45, 7) is 15.3. The number of ether oxygens (including phenoxy) is 1. The Morgan fingerprint density at radius 2 is 1.67 bits per heavy atom. The van der Waals surface area contributed by atoms with Gasteiger partial charge in [0, 0.05) is 5.56 Å². The summed E-state index contributed by atoms with van der Waals surface area (Å²) in [7, 11) is -2.38. The third-order valence-electron chi connectivity index (χ3n) is 6.27. The number of aromatic nitrogens is 2. The minimum atomic E-state index is -2.91. The van der Waals surface area contributed by atoms with Crippen LogP contribution in [-0.2, 0) is 31.2 Å². The maximum atomic E-state index is 15.4. The van der Waals surface area contributed by atoms with E-state index in [1.54, 1.807) is 6.07 Å². The molecule has 0 aliphatic carbocycles. The van der Waals surface area contributed by atoms with Crippen LogP contribution in [0.5, 0.6) is 5.75 Å². The highest BCUT2D eigenvalue weighted by Gasteiger charge is 2.48. The van der Waals surface area contributed by atoms with Crippen LogP contribution >= 0.6 is 8.60 Å². The first-order valence-electron chi connectivity index (χ1n) is 12.8. The summed E-state index contributed by atoms with van der Waals surface area (Å²) in [6, 6.07) is 1.75. The second-order valence-corrected chi connectivity index (χ2v) is 12.3. The van der Waals surface area contributed by atoms with Crippen molar-refractivity contribution in [1.82, 2.24) is 9.55 Å². The lowest BCUT2D eigenvalue weighted by Gasteiger charge is -2.35. The number of hydrogen-bond acceptors (Lipinski definition) is 8. The van der Waals surface area contributed by atoms with Gasteiger partial charge >= 0.3 is 20.3 Å². The van der Waals surface area contributed by atoms with Crippen LogP contribution in [0.4, 0.5) is 8.78 Å². The maximum Gasteiger partial charge on any atom is 0.402 e. The van der Waals surface area contributed by atoms with Crippen molar-refractivity contribution in [2.24, 2.45) is 0 Å². The molecule has 10 nitrogen and oxygen atoms in total. The van der Waals surface area contributed by atoms with Gasteiger partial charge in [0.05, 0.1) is 18.4 Å². The summed E-state index contributed by atoms with van der Waals surface area (Å²) >= 11 is 0. The standard InChI is InChI=1S/C24H31F2N2O8P.C2H6/c1-22(2,3)13-9-14(23(4,5)6)19-12(18(13)26)11-33-37(35-19)36-24(31,32)16-7-8-17(34-16)28-10-15(25)20(29)27-21(28)30;1-2/h9-10,16-17,31-32H,7-8,11H2,1-6H3,(H,27,29,30);1-2H3. The third kappa shape index (κ3) is 6.58. The number of aromatic amines is 1. The lowest BCUT2D eigenvalue weighted by atomic mass is 9.78. The topological polar surface area (TPSA) is 132 Å². The summed E-state index contributed by atoms with van der Waals surface area (Å²) < 4.78 is 52.2. The molecule has 1 aromatic heterocycles. The fourth-order valence-electron chi connectivity index (χ4n) is 4.24. The molecule has 0 amide bonds. The van der Waals surface area contributed by atoms with Crippen LogP contribution in [0.2, 0.25) is 0 Å². The predicted octanol–water partition coefficient (Wildman–Crippen LogP) is 4.60. The Morgan fingerprint density at radius 3 is 2.26 bits per heavy atom. The van der Waals surface area contributed by atoms with Gasteiger partial charge < -0.3 is 19.5 Å². The monoisotopic (exact) mass is 574 g/mol. The normalized spacial score (nSPS) is 21.6. The third-order valence-corrected chi connectivity index (χ3v) is 7.35. The Morgan fingerprint density at radius 1 is 1.05 bits per heavy atom. The highest BCUT2D eigenvalue weighted by molar-refractivity contribution is 7.42. The molecule has 4 rings (SSSR count). The molecule has 0 radical (unpaired) electrons. The molecule has 0 saturated carbocycles. The average Bonchev–Trinajstić information content (AvgIpc) is 3.32. The molecular weight excluding hydrogens is 537 g/mol. The highest BCUT2D eigenvalue weighted by atomic mass is 31.2. The van der Waals surface area contributed by atoms with Crippen molar-refractivity contribution < 1.29 is 37.3 Å². The predicted molar refractivity (Wildman–Crippen MR) is 140 cm³/mol. The average molecular weight is 575 g/mol. The van der Waals surface area contributed by atoms with E-state index in [1.165, 1.54) is 0 Å². The summed E-state index contributed by atoms with van der Waals surface area (Å²) in [5, 5.41) is 21.3. The van der Waals surface area contributed by atoms with E-state index in [0.717, 1.165) is 4.57 Å². The first-order valence-corrected chi connectivity index (χ1v) is 13.9. The molecule has 0 spiro atoms. The number of nitrogens with zero attached hydrogens (tertiary/aromatic N) is 1. The van der Waals surface area contributed by atoms with Gasteiger partial charge in [0.25, 0.3) is 5.56 Å². The number of hydrogen-bond donors (Lipinski definition) is 3. The van der Waals surface area contributed by atoms with Gasteiger partial charge in [-0.1, -0.05) is 55.4 Å². The van der Waals surface area contributed by atoms with Gasteiger partial charge in [-0.3, -0.25) is 18.9 Å². The van der Waals surface area contributed by atoms with E-state index in [2.05, 4.69) is 0 Å². The molecule has 0 bridgehead atoms. The number of halogens is 2. The Balaban J connectivity index is 0.00000205. The fourth-order valence-corrected chi connectivity index (χ4v) is 5.31. The Hall–Kier alpha value is -2.21. The zero-order valence-electron chi connectivity index (χ0n) is 23.4. The van der Waals surface area contributed by atoms with E-state index < -0.39 is 60.6 Å². The largest absolute Gasteiger partial charge is 0.426 e. The maximum absolute atomic E-state index is 15.4. The molecule has 39 heavy (non-hydrogen) atoms. The van der Waals surface area contributed by atoms with E-state index >= 15 is 4.39 Å². The minimum Gasteiger partial charge on any atom is -0.426 e. The van der Waals surface area contributed by atoms with Crippen LogP contribution in [0, 0.1) is 11.6 Å². The number of aliphatic hydroxyl groups is 2. The fraction of sp³-hybridized carbons (Fsp3) is 0.615. The molecule has 1 saturated heterocycles. The van der Waals surface area contributed by atoms with Crippen molar-refractivity contribution in [1.29, 1.82) is 0 Å². The number of H-pyrrole nitrogens is 1. The summed E-state index contributed by atoms with van der Waals surface area (Å²) in [5.41, 5.74) is -1.56. The minimum absolute atomic E-state index is 0.0153. The van der Waals surface area contributed by atoms with Gasteiger partial charge in [0.15, 0.2) is 0 Å². The van der Waals surface area contributed by atoms with Gasteiger partial charge in [0.2, 0.25) is 5.82 Å². The van der Waals surface area contributed by atoms with Crippen molar-refractivity contribution in [3.8, 4) is 5.75 Å². The quantitative estimate of drug-likeness (QED) is 0.357. The molecule has 1 fully saturated rings. The summed E-state index contributed by atoms with van der Waals surface area (Å²) in [6.07, 6.45) is -1.64. The van der Waals surface area contributed by atoms with Crippen molar-refractivity contribution in [2.75, 3.05) is 0 Å². The Kier molecular flexibility index (Phi) is 9.11. The van der Waals surface area contributed by atoms with Crippen molar-refractivity contribution >= 4 is 8.60 Å². The molecule has 3 heterocycles. The van der Waals surface area contributed by atoms with Gasteiger partial charge in [0.1, 0.15) is 23.9 Å². The second-order valence-electron chi connectivity index (χ2n) is 11.2. The molecule has 2 aromatic rings. The van der Waals surface area contributed by atoms with Crippen LogP contribution in [-0.4, -0.2) is 31.8 Å². The van der Waals surface area contributed by atoms with E-state index in [4.69, 9.17) is 18.3 Å². The van der Waals surface area contributed by atoms with Crippen LogP contribution in [0.1, 0.15) is 91.1 Å². The van der Waals surface area contributed by atoms with Crippen LogP contribution in [0.3, 0.4) is 0 Å². The molecule has 3 N–H and O–H groups in total. The molecular formula is C26H37F2N2O8P. The van der Waals surface area contributed by atoms with E-state index in [9.17, 15) is 24.2 Å². The number of rotatable bonds is 4. The van der Waals surface area contributed by atoms with Gasteiger partial charge in [-0.2, -0.15) is 4.39 Å². The Labute approximate surface area is 226 Å². The number of benzene rings is 1. The molecule has 13 heteroatoms. The van der Waals surface area contributed by atoms with E-state index in [-0.39, 0.29) is 30.8 Å². The van der Waals surface area contributed by atoms with Gasteiger partial charge in [-0.25, -0.2) is 13.7 Å². The SMILES string of the molecule is CC.CC(C)(C)c1cc(C(C)(C)C)c2c(c1F)COP(OC(O)(O)C1CCC(n3cc(F)c(=O)[nH]c3=O)O1)O2. The lowest BCUT2D eigenvalue weighted by Crippen LogP contribution is -2.44. The van der Waals surface area contributed by atoms with Crippen molar-refractivity contribution in [3.63, 3.8) is 0 Å². The molecule has 2 aliphatic rings. The molecule has 2 aliphatic heterocycles. The molecule has 3 atom stereocenters. The second kappa shape index (κ2) is 11.3. The molecule has 1 aromatic carbocycles. The first-order chi connectivity index (χ1) is 18.0. The lowest BCUT2D eigenvalue weighted by molar-refractivity contribution is -0.346. The smallest absolute Gasteiger partial charge is 0.402 e. The van der Waals surface area contributed by atoms with Gasteiger partial charge in [-0.05, 0) is 35.3 Å². The first kappa shape index (κ1) is 31.3. The van der Waals surface area contributed by atoms with E-state index in [0.29, 0.717) is 17.3 Å². The van der Waals surface area contributed by atoms with Crippen molar-refractivity contribution in [2.45, 2.75) is 104 Å². The van der Waals surface area contributed by atoms with Gasteiger partial charge in [-0.15, -0.1) is 0 Å². The summed E-state index contributed by atoms with van der Waals surface area (Å²) in [4.78, 5) is 25.1. The van der Waals surface area contributed by atoms with Crippen LogP contribution < -0.4 is 15.8 Å². The molecule has 218 valence electrons. The molecule has 3 unspecified atom stereocenters. The van der Waals surface area contributed by atoms with E-state index in [1.807, 2.05) is 60.4 Å². The Bertz CT molecular complexity index is 1310. The van der Waals surface area contributed by atoms with Crippen LogP contribution in [0.15, 0.2) is 21.9 Å². The number of fused-ring (bicyclic) bond motifs is 1.